The van der Waals surface area contributed by atoms with Crippen LogP contribution in [0.4, 0.5) is 0 Å². The molecule has 1 rings (SSSR count). The summed E-state index contributed by atoms with van der Waals surface area (Å²) in [5, 5.41) is 9.05. The second kappa shape index (κ2) is 4.61. The van der Waals surface area contributed by atoms with Crippen LogP contribution in [-0.4, -0.2) is 11.2 Å². The summed E-state index contributed by atoms with van der Waals surface area (Å²) in [6.07, 6.45) is 1.46. The summed E-state index contributed by atoms with van der Waals surface area (Å²) in [4.78, 5) is 1.22. The summed E-state index contributed by atoms with van der Waals surface area (Å²) in [7, 11) is 0. The van der Waals surface area contributed by atoms with Crippen LogP contribution in [0, 0.1) is 0 Å². The number of thiophene rings is 1. The number of halogens is 2. The third-order valence-electron chi connectivity index (χ3n) is 1.50. The number of hydrogen-bond donors (Lipinski definition) is 1. The lowest BCUT2D eigenvalue weighted by Gasteiger charge is -2.00. The Morgan fingerprint density at radius 3 is 2.83 bits per heavy atom. The van der Waals surface area contributed by atoms with Crippen LogP contribution in [0.1, 0.15) is 18.2 Å². The maximum atomic E-state index is 9.05. The fourth-order valence-corrected chi connectivity index (χ4v) is 2.67. The first-order valence-electron chi connectivity index (χ1n) is 3.71. The summed E-state index contributed by atoms with van der Waals surface area (Å²) < 4.78 is 1.74. The monoisotopic (exact) mass is 268 g/mol. The minimum absolute atomic E-state index is 0.232. The van der Waals surface area contributed by atoms with E-state index in [4.69, 9.17) is 16.7 Å². The van der Waals surface area contributed by atoms with Gasteiger partial charge in [0.25, 0.3) is 0 Å². The molecule has 0 amide bonds. The summed E-state index contributed by atoms with van der Waals surface area (Å²) in [5.74, 6) is 0. The van der Waals surface area contributed by atoms with Gasteiger partial charge < -0.3 is 5.11 Å². The molecular weight excluding hydrogens is 260 g/mol. The lowest BCUT2D eigenvalue weighted by Crippen LogP contribution is -1.99. The quantitative estimate of drug-likeness (QED) is 0.891. The van der Waals surface area contributed by atoms with Crippen LogP contribution in [-0.2, 0) is 6.42 Å². The minimum Gasteiger partial charge on any atom is -0.393 e. The van der Waals surface area contributed by atoms with Crippen LogP contribution in [0.5, 0.6) is 0 Å². The number of aliphatic hydroxyl groups is 1. The molecule has 0 fully saturated rings. The van der Waals surface area contributed by atoms with E-state index in [9.17, 15) is 0 Å². The van der Waals surface area contributed by atoms with Gasteiger partial charge in [-0.1, -0.05) is 11.6 Å². The van der Waals surface area contributed by atoms with E-state index in [1.807, 2.05) is 6.07 Å². The molecule has 68 valence electrons. The summed E-state index contributed by atoms with van der Waals surface area (Å²) in [5.41, 5.74) is 0. The first-order chi connectivity index (χ1) is 5.59. The average molecular weight is 270 g/mol. The Balaban J connectivity index is 2.53. The number of aliphatic hydroxyl groups excluding tert-OH is 1. The first kappa shape index (κ1) is 10.5. The molecule has 1 heterocycles. The Kier molecular flexibility index (Phi) is 4.03. The van der Waals surface area contributed by atoms with Crippen LogP contribution in [0.25, 0.3) is 0 Å². The molecule has 12 heavy (non-hydrogen) atoms. The topological polar surface area (TPSA) is 20.2 Å². The smallest absolute Gasteiger partial charge is 0.107 e. The Morgan fingerprint density at radius 2 is 2.42 bits per heavy atom. The molecule has 1 aromatic rings. The molecule has 0 aliphatic heterocycles. The van der Waals surface area contributed by atoms with E-state index in [1.54, 1.807) is 18.3 Å². The van der Waals surface area contributed by atoms with Crippen LogP contribution >= 0.6 is 38.9 Å². The van der Waals surface area contributed by atoms with Gasteiger partial charge in [0, 0.05) is 9.35 Å². The number of rotatable bonds is 3. The zero-order valence-electron chi connectivity index (χ0n) is 6.68. The highest BCUT2D eigenvalue weighted by molar-refractivity contribution is 9.10. The second-order valence-electron chi connectivity index (χ2n) is 2.72. The zero-order valence-corrected chi connectivity index (χ0v) is 9.84. The first-order valence-corrected chi connectivity index (χ1v) is 5.70. The van der Waals surface area contributed by atoms with Crippen molar-refractivity contribution in [2.75, 3.05) is 0 Å². The van der Waals surface area contributed by atoms with E-state index in [-0.39, 0.29) is 6.10 Å². The van der Waals surface area contributed by atoms with E-state index in [1.165, 1.54) is 4.88 Å². The van der Waals surface area contributed by atoms with Gasteiger partial charge in [0.1, 0.15) is 4.34 Å². The zero-order chi connectivity index (χ0) is 9.14. The average Bonchev–Trinajstić information content (AvgIpc) is 2.28. The van der Waals surface area contributed by atoms with Gasteiger partial charge in [-0.15, -0.1) is 11.3 Å². The highest BCUT2D eigenvalue weighted by atomic mass is 79.9. The van der Waals surface area contributed by atoms with E-state index in [0.29, 0.717) is 0 Å². The van der Waals surface area contributed by atoms with Crippen LogP contribution in [0.3, 0.4) is 0 Å². The molecule has 0 bridgehead atoms. The molecule has 1 N–H and O–H groups in total. The highest BCUT2D eigenvalue weighted by Gasteiger charge is 2.05. The van der Waals surface area contributed by atoms with E-state index in [2.05, 4.69) is 15.9 Å². The molecule has 1 nitrogen and oxygen atoms in total. The molecule has 0 spiro atoms. The van der Waals surface area contributed by atoms with Crippen LogP contribution < -0.4 is 0 Å². The molecule has 0 saturated carbocycles. The van der Waals surface area contributed by atoms with Crippen molar-refractivity contribution in [2.24, 2.45) is 0 Å². The van der Waals surface area contributed by atoms with Gasteiger partial charge in [-0.25, -0.2) is 0 Å². The van der Waals surface area contributed by atoms with Crippen LogP contribution in [0.2, 0.25) is 4.34 Å². The normalized spacial score (nSPS) is 13.3. The third-order valence-corrected chi connectivity index (χ3v) is 4.04. The Hall–Kier alpha value is 0.430. The van der Waals surface area contributed by atoms with Gasteiger partial charge in [-0.05, 0) is 41.8 Å². The van der Waals surface area contributed by atoms with Gasteiger partial charge in [0.2, 0.25) is 0 Å². The summed E-state index contributed by atoms with van der Waals surface area (Å²) >= 11 is 10.8. The molecular formula is C8H10BrClOS. The molecule has 4 heteroatoms. The van der Waals surface area contributed by atoms with Gasteiger partial charge in [0.15, 0.2) is 0 Å². The van der Waals surface area contributed by atoms with Gasteiger partial charge in [-0.3, -0.25) is 0 Å². The van der Waals surface area contributed by atoms with Gasteiger partial charge >= 0.3 is 0 Å². The number of aryl methyl sites for hydroxylation is 1. The van der Waals surface area contributed by atoms with Gasteiger partial charge in [-0.2, -0.15) is 0 Å². The van der Waals surface area contributed by atoms with Crippen molar-refractivity contribution in [3.05, 3.63) is 19.8 Å². The maximum absolute atomic E-state index is 9.05. The van der Waals surface area contributed by atoms with E-state index < -0.39 is 0 Å². The Morgan fingerprint density at radius 1 is 1.75 bits per heavy atom. The lowest BCUT2D eigenvalue weighted by atomic mass is 10.2. The summed E-state index contributed by atoms with van der Waals surface area (Å²) in [6, 6.07) is 2.01. The van der Waals surface area contributed by atoms with Crippen molar-refractivity contribution in [3.8, 4) is 0 Å². The minimum atomic E-state index is -0.232. The van der Waals surface area contributed by atoms with E-state index in [0.717, 1.165) is 21.7 Å². The lowest BCUT2D eigenvalue weighted by molar-refractivity contribution is 0.185. The Labute approximate surface area is 89.5 Å². The molecule has 1 aromatic heterocycles. The van der Waals surface area contributed by atoms with Crippen molar-refractivity contribution >= 4 is 38.9 Å². The molecule has 0 radical (unpaired) electrons. The van der Waals surface area contributed by atoms with Crippen molar-refractivity contribution in [2.45, 2.75) is 25.9 Å². The van der Waals surface area contributed by atoms with Crippen molar-refractivity contribution in [1.29, 1.82) is 0 Å². The predicted molar refractivity (Wildman–Crippen MR) is 57.0 cm³/mol. The highest BCUT2D eigenvalue weighted by Crippen LogP contribution is 2.32. The molecule has 1 atom stereocenters. The fraction of sp³-hybridized carbons (Fsp3) is 0.500. The SMILES string of the molecule is C[C@@H](O)CCc1cc(Br)c(Cl)s1. The fourth-order valence-electron chi connectivity index (χ4n) is 0.866. The van der Waals surface area contributed by atoms with Crippen molar-refractivity contribution in [3.63, 3.8) is 0 Å². The Bertz CT molecular complexity index is 240. The molecule has 0 unspecified atom stereocenters. The largest absolute Gasteiger partial charge is 0.393 e. The van der Waals surface area contributed by atoms with E-state index >= 15 is 0 Å². The maximum Gasteiger partial charge on any atom is 0.107 e. The van der Waals surface area contributed by atoms with Crippen LogP contribution in [0.15, 0.2) is 10.5 Å². The summed E-state index contributed by atoms with van der Waals surface area (Å²) in [6.45, 7) is 1.80. The van der Waals surface area contributed by atoms with Gasteiger partial charge in [0.05, 0.1) is 6.10 Å². The van der Waals surface area contributed by atoms with Crippen molar-refractivity contribution in [1.82, 2.24) is 0 Å². The third kappa shape index (κ3) is 3.05. The molecule has 0 aliphatic rings. The molecule has 0 saturated heterocycles. The predicted octanol–water partition coefficient (Wildman–Crippen LogP) is 3.48. The standard InChI is InChI=1S/C8H10BrClOS/c1-5(11)2-3-6-4-7(9)8(10)12-6/h4-5,11H,2-3H2,1H3/t5-/m1/s1. The van der Waals surface area contributed by atoms with Crippen molar-refractivity contribution < 1.29 is 5.11 Å². The molecule has 0 aromatic carbocycles. The second-order valence-corrected chi connectivity index (χ2v) is 5.32. The number of hydrogen-bond acceptors (Lipinski definition) is 2. The molecule has 0 aliphatic carbocycles.